The Balaban J connectivity index is 1.60. The molecule has 0 unspecified atom stereocenters. The van der Waals surface area contributed by atoms with Crippen molar-refractivity contribution >= 4 is 52.2 Å². The summed E-state index contributed by atoms with van der Waals surface area (Å²) < 4.78 is 0. The number of halogens is 2. The summed E-state index contributed by atoms with van der Waals surface area (Å²) in [6, 6.07) is 22.5. The lowest BCUT2D eigenvalue weighted by atomic mass is 10.2. The first-order chi connectivity index (χ1) is 12.6. The van der Waals surface area contributed by atoms with Crippen molar-refractivity contribution in [1.82, 2.24) is 0 Å². The first-order valence-corrected chi connectivity index (χ1v) is 8.72. The second-order valence-corrected chi connectivity index (χ2v) is 6.40. The third-order valence-electron chi connectivity index (χ3n) is 3.59. The van der Waals surface area contributed by atoms with Gasteiger partial charge in [-0.25, -0.2) is 0 Å². The molecule has 2 N–H and O–H groups in total. The molecule has 0 heterocycles. The van der Waals surface area contributed by atoms with Crippen LogP contribution in [-0.4, -0.2) is 5.91 Å². The monoisotopic (exact) mass is 382 g/mol. The van der Waals surface area contributed by atoms with Gasteiger partial charge >= 0.3 is 0 Å². The molecule has 0 aliphatic rings. The molecule has 3 rings (SSSR count). The van der Waals surface area contributed by atoms with Crippen molar-refractivity contribution in [1.29, 1.82) is 0 Å². The quantitative estimate of drug-likeness (QED) is 0.502. The van der Waals surface area contributed by atoms with E-state index in [1.165, 1.54) is 6.08 Å². The molecule has 3 aromatic carbocycles. The molecule has 0 atom stereocenters. The summed E-state index contributed by atoms with van der Waals surface area (Å²) in [6.45, 7) is 0. The fraction of sp³-hybridized carbons (Fsp3) is 0. The summed E-state index contributed by atoms with van der Waals surface area (Å²) in [5.74, 6) is -0.236. The van der Waals surface area contributed by atoms with E-state index < -0.39 is 0 Å². The topological polar surface area (TPSA) is 41.1 Å². The number of anilines is 3. The average Bonchev–Trinajstić information content (AvgIpc) is 2.63. The number of carbonyl (C=O) groups is 1. The molecule has 0 bridgehead atoms. The van der Waals surface area contributed by atoms with Gasteiger partial charge < -0.3 is 10.6 Å². The summed E-state index contributed by atoms with van der Waals surface area (Å²) in [7, 11) is 0. The predicted molar refractivity (Wildman–Crippen MR) is 110 cm³/mol. The fourth-order valence-corrected chi connectivity index (χ4v) is 2.78. The van der Waals surface area contributed by atoms with Gasteiger partial charge in [-0.15, -0.1) is 0 Å². The number of amides is 1. The van der Waals surface area contributed by atoms with Crippen LogP contribution in [0.2, 0.25) is 10.0 Å². The third-order valence-corrected chi connectivity index (χ3v) is 4.15. The largest absolute Gasteiger partial charge is 0.356 e. The molecule has 130 valence electrons. The van der Waals surface area contributed by atoms with Gasteiger partial charge in [-0.05, 0) is 60.2 Å². The standard InChI is InChI=1S/C21H16Cl2N2O/c22-16-8-6-15(20(23)14-16)7-13-21(26)25-19-11-9-18(10-12-19)24-17-4-2-1-3-5-17/h1-14,24H,(H,25,26). The van der Waals surface area contributed by atoms with E-state index in [0.717, 1.165) is 16.9 Å². The highest BCUT2D eigenvalue weighted by Gasteiger charge is 2.01. The zero-order chi connectivity index (χ0) is 18.4. The van der Waals surface area contributed by atoms with Gasteiger partial charge in [-0.1, -0.05) is 47.5 Å². The highest BCUT2D eigenvalue weighted by Crippen LogP contribution is 2.22. The summed E-state index contributed by atoms with van der Waals surface area (Å²) >= 11 is 11.9. The molecule has 0 saturated carbocycles. The Hall–Kier alpha value is -2.75. The molecule has 0 fully saturated rings. The molecule has 0 aliphatic carbocycles. The Bertz CT molecular complexity index is 923. The van der Waals surface area contributed by atoms with Gasteiger partial charge in [0.1, 0.15) is 0 Å². The van der Waals surface area contributed by atoms with Crippen LogP contribution >= 0.6 is 23.2 Å². The minimum Gasteiger partial charge on any atom is -0.356 e. The molecule has 0 spiro atoms. The van der Waals surface area contributed by atoms with E-state index in [-0.39, 0.29) is 5.91 Å². The molecule has 0 saturated heterocycles. The van der Waals surface area contributed by atoms with Crippen molar-refractivity contribution in [3.05, 3.63) is 94.5 Å². The SMILES string of the molecule is O=C(C=Cc1ccc(Cl)cc1Cl)Nc1ccc(Nc2ccccc2)cc1. The van der Waals surface area contributed by atoms with E-state index in [2.05, 4.69) is 10.6 Å². The predicted octanol–water partition coefficient (Wildman–Crippen LogP) is 6.39. The molecule has 1 amide bonds. The Labute approximate surface area is 162 Å². The molecule has 0 radical (unpaired) electrons. The van der Waals surface area contributed by atoms with Gasteiger partial charge in [0.2, 0.25) is 5.91 Å². The highest BCUT2D eigenvalue weighted by molar-refractivity contribution is 6.35. The first kappa shape index (κ1) is 18.1. The van der Waals surface area contributed by atoms with Crippen molar-refractivity contribution in [3.8, 4) is 0 Å². The molecule has 3 aromatic rings. The van der Waals surface area contributed by atoms with Gasteiger partial charge in [0.05, 0.1) is 0 Å². The zero-order valence-corrected chi connectivity index (χ0v) is 15.3. The molecule has 3 nitrogen and oxygen atoms in total. The average molecular weight is 383 g/mol. The molecule has 5 heteroatoms. The Morgan fingerprint density at radius 1 is 0.808 bits per heavy atom. The lowest BCUT2D eigenvalue weighted by Gasteiger charge is -2.07. The normalized spacial score (nSPS) is 10.7. The van der Waals surface area contributed by atoms with Crippen molar-refractivity contribution in [2.24, 2.45) is 0 Å². The van der Waals surface area contributed by atoms with Crippen LogP contribution < -0.4 is 10.6 Å². The number of rotatable bonds is 5. The second kappa shape index (κ2) is 8.56. The molecule has 0 aliphatic heterocycles. The van der Waals surface area contributed by atoms with E-state index in [4.69, 9.17) is 23.2 Å². The van der Waals surface area contributed by atoms with E-state index in [0.29, 0.717) is 15.7 Å². The highest BCUT2D eigenvalue weighted by atomic mass is 35.5. The van der Waals surface area contributed by atoms with Crippen LogP contribution in [0.5, 0.6) is 0 Å². The van der Waals surface area contributed by atoms with Gasteiger partial charge in [-0.3, -0.25) is 4.79 Å². The van der Waals surface area contributed by atoms with Gasteiger partial charge in [-0.2, -0.15) is 0 Å². The fourth-order valence-electron chi connectivity index (χ4n) is 2.31. The first-order valence-electron chi connectivity index (χ1n) is 7.96. The number of nitrogens with one attached hydrogen (secondary N) is 2. The van der Waals surface area contributed by atoms with Crippen LogP contribution in [0.1, 0.15) is 5.56 Å². The summed E-state index contributed by atoms with van der Waals surface area (Å²) in [4.78, 5) is 12.1. The molecule has 26 heavy (non-hydrogen) atoms. The van der Waals surface area contributed by atoms with Crippen LogP contribution in [0, 0.1) is 0 Å². The number of carbonyl (C=O) groups excluding carboxylic acids is 1. The van der Waals surface area contributed by atoms with E-state index in [1.54, 1.807) is 24.3 Å². The summed E-state index contributed by atoms with van der Waals surface area (Å²) in [5, 5.41) is 7.16. The Morgan fingerprint density at radius 2 is 1.46 bits per heavy atom. The van der Waals surface area contributed by atoms with Crippen LogP contribution in [0.3, 0.4) is 0 Å². The minimum absolute atomic E-state index is 0.236. The van der Waals surface area contributed by atoms with Crippen molar-refractivity contribution < 1.29 is 4.79 Å². The maximum atomic E-state index is 12.1. The number of hydrogen-bond donors (Lipinski definition) is 2. The molecule has 0 aromatic heterocycles. The van der Waals surface area contributed by atoms with E-state index in [1.807, 2.05) is 54.6 Å². The zero-order valence-electron chi connectivity index (χ0n) is 13.7. The van der Waals surface area contributed by atoms with Crippen LogP contribution in [-0.2, 0) is 4.79 Å². The lowest BCUT2D eigenvalue weighted by molar-refractivity contribution is -0.111. The number of para-hydroxylation sites is 1. The van der Waals surface area contributed by atoms with Crippen molar-refractivity contribution in [3.63, 3.8) is 0 Å². The Kier molecular flexibility index (Phi) is 5.95. The van der Waals surface area contributed by atoms with E-state index in [9.17, 15) is 4.79 Å². The third kappa shape index (κ3) is 5.12. The van der Waals surface area contributed by atoms with Crippen molar-refractivity contribution in [2.75, 3.05) is 10.6 Å². The molecular weight excluding hydrogens is 367 g/mol. The van der Waals surface area contributed by atoms with E-state index >= 15 is 0 Å². The molecular formula is C21H16Cl2N2O. The maximum Gasteiger partial charge on any atom is 0.248 e. The minimum atomic E-state index is -0.236. The summed E-state index contributed by atoms with van der Waals surface area (Å²) in [6.07, 6.45) is 3.09. The summed E-state index contributed by atoms with van der Waals surface area (Å²) in [5.41, 5.74) is 3.39. The lowest BCUT2D eigenvalue weighted by Crippen LogP contribution is -2.07. The second-order valence-electron chi connectivity index (χ2n) is 5.56. The maximum absolute atomic E-state index is 12.1. The van der Waals surface area contributed by atoms with Crippen LogP contribution in [0.25, 0.3) is 6.08 Å². The van der Waals surface area contributed by atoms with Crippen LogP contribution in [0.15, 0.2) is 78.9 Å². The van der Waals surface area contributed by atoms with Gasteiger partial charge in [0, 0.05) is 33.2 Å². The van der Waals surface area contributed by atoms with Gasteiger partial charge in [0.15, 0.2) is 0 Å². The van der Waals surface area contributed by atoms with Crippen molar-refractivity contribution in [2.45, 2.75) is 0 Å². The van der Waals surface area contributed by atoms with Gasteiger partial charge in [0.25, 0.3) is 0 Å². The number of hydrogen-bond acceptors (Lipinski definition) is 2. The van der Waals surface area contributed by atoms with Crippen LogP contribution in [0.4, 0.5) is 17.1 Å². The Morgan fingerprint density at radius 3 is 2.15 bits per heavy atom. The number of benzene rings is 3. The smallest absolute Gasteiger partial charge is 0.248 e.